The Morgan fingerprint density at radius 2 is 2.27 bits per heavy atom. The molecule has 0 amide bonds. The van der Waals surface area contributed by atoms with Gasteiger partial charge in [-0.1, -0.05) is 0 Å². The van der Waals surface area contributed by atoms with Gasteiger partial charge in [-0.05, 0) is 20.3 Å². The molecular weight excluding hydrogens is 300 g/mol. The third kappa shape index (κ3) is 1.92. The molecule has 2 atom stereocenters. The van der Waals surface area contributed by atoms with E-state index in [2.05, 4.69) is 4.90 Å². The Morgan fingerprint density at radius 1 is 1.45 bits per heavy atom. The van der Waals surface area contributed by atoms with Crippen molar-refractivity contribution in [1.29, 1.82) is 0 Å². The highest BCUT2D eigenvalue weighted by atomic mass is 32.1. The monoisotopic (exact) mass is 320 g/mol. The molecule has 1 fully saturated rings. The van der Waals surface area contributed by atoms with Crippen molar-refractivity contribution < 1.29 is 4.74 Å². The Labute approximate surface area is 132 Å². The average Bonchev–Trinajstić information content (AvgIpc) is 2.84. The summed E-state index contributed by atoms with van der Waals surface area (Å²) < 4.78 is 8.12. The minimum Gasteiger partial charge on any atom is -0.377 e. The maximum Gasteiger partial charge on any atom is 0.272 e. The van der Waals surface area contributed by atoms with Crippen molar-refractivity contribution in [2.24, 2.45) is 5.73 Å². The molecule has 1 saturated heterocycles. The van der Waals surface area contributed by atoms with Gasteiger partial charge in [-0.2, -0.15) is 0 Å². The van der Waals surface area contributed by atoms with Gasteiger partial charge in [0.2, 0.25) is 5.95 Å². The molecule has 2 N–H and O–H groups in total. The molecule has 0 spiro atoms. The van der Waals surface area contributed by atoms with Gasteiger partial charge in [0.05, 0.1) is 24.8 Å². The van der Waals surface area contributed by atoms with Gasteiger partial charge in [-0.25, -0.2) is 4.98 Å². The van der Waals surface area contributed by atoms with Crippen LogP contribution in [0.3, 0.4) is 0 Å². The Morgan fingerprint density at radius 3 is 3.05 bits per heavy atom. The van der Waals surface area contributed by atoms with Gasteiger partial charge in [0.15, 0.2) is 0 Å². The number of thiophene rings is 1. The molecular formula is C15H20N4O2S. The second kappa shape index (κ2) is 5.04. The molecule has 2 aromatic rings. The fraction of sp³-hybridized carbons (Fsp3) is 0.600. The molecule has 4 heterocycles. The van der Waals surface area contributed by atoms with Crippen LogP contribution in [0, 0.1) is 6.92 Å². The van der Waals surface area contributed by atoms with E-state index in [9.17, 15) is 4.79 Å². The first kappa shape index (κ1) is 14.2. The quantitative estimate of drug-likeness (QED) is 0.860. The first-order chi connectivity index (χ1) is 10.6. The predicted molar refractivity (Wildman–Crippen MR) is 87.8 cm³/mol. The van der Waals surface area contributed by atoms with E-state index in [0.717, 1.165) is 46.2 Å². The van der Waals surface area contributed by atoms with Crippen molar-refractivity contribution >= 4 is 27.5 Å². The van der Waals surface area contributed by atoms with Crippen LogP contribution in [0.15, 0.2) is 4.79 Å². The lowest BCUT2D eigenvalue weighted by Gasteiger charge is -2.40. The van der Waals surface area contributed by atoms with E-state index in [1.165, 1.54) is 11.3 Å². The molecule has 0 bridgehead atoms. The molecule has 2 aromatic heterocycles. The number of hydrogen-bond donors (Lipinski definition) is 1. The van der Waals surface area contributed by atoms with Crippen molar-refractivity contribution in [2.45, 2.75) is 38.9 Å². The summed E-state index contributed by atoms with van der Waals surface area (Å²) >= 11 is 1.52. The second-order valence-electron chi connectivity index (χ2n) is 6.12. The van der Waals surface area contributed by atoms with Crippen molar-refractivity contribution in [3.05, 3.63) is 20.8 Å². The SMILES string of the molecule is Cc1sc2c(=O)n3c(nc2c1[C@H](C)N)N1CCOC[C@@H]1CC3. The van der Waals surface area contributed by atoms with E-state index in [1.54, 1.807) is 0 Å². The van der Waals surface area contributed by atoms with Crippen LogP contribution in [0.25, 0.3) is 10.2 Å². The van der Waals surface area contributed by atoms with Crippen LogP contribution in [0.2, 0.25) is 0 Å². The highest BCUT2D eigenvalue weighted by molar-refractivity contribution is 7.19. The van der Waals surface area contributed by atoms with Crippen LogP contribution in [0.1, 0.15) is 29.8 Å². The lowest BCUT2D eigenvalue weighted by atomic mass is 10.1. The van der Waals surface area contributed by atoms with Gasteiger partial charge < -0.3 is 15.4 Å². The third-order valence-corrected chi connectivity index (χ3v) is 5.72. The summed E-state index contributed by atoms with van der Waals surface area (Å²) in [5.41, 5.74) is 7.98. The minimum atomic E-state index is -0.118. The smallest absolute Gasteiger partial charge is 0.272 e. The topological polar surface area (TPSA) is 73.4 Å². The van der Waals surface area contributed by atoms with E-state index in [1.807, 2.05) is 18.4 Å². The summed E-state index contributed by atoms with van der Waals surface area (Å²) in [4.78, 5) is 21.1. The van der Waals surface area contributed by atoms with Crippen LogP contribution in [0.5, 0.6) is 0 Å². The van der Waals surface area contributed by atoms with Crippen molar-refractivity contribution in [2.75, 3.05) is 24.7 Å². The molecule has 0 saturated carbocycles. The van der Waals surface area contributed by atoms with Gasteiger partial charge in [0.25, 0.3) is 5.56 Å². The average molecular weight is 320 g/mol. The highest BCUT2D eigenvalue weighted by Gasteiger charge is 2.32. The molecule has 0 unspecified atom stereocenters. The second-order valence-corrected chi connectivity index (χ2v) is 7.34. The fourth-order valence-corrected chi connectivity index (χ4v) is 4.72. The molecule has 2 aliphatic rings. The van der Waals surface area contributed by atoms with Crippen molar-refractivity contribution in [3.8, 4) is 0 Å². The Bertz CT molecular complexity index is 795. The van der Waals surface area contributed by atoms with Gasteiger partial charge in [0.1, 0.15) is 4.70 Å². The summed E-state index contributed by atoms with van der Waals surface area (Å²) in [6, 6.07) is 0.212. The van der Waals surface area contributed by atoms with E-state index in [4.69, 9.17) is 15.5 Å². The largest absolute Gasteiger partial charge is 0.377 e. The fourth-order valence-electron chi connectivity index (χ4n) is 3.57. The summed E-state index contributed by atoms with van der Waals surface area (Å²) in [7, 11) is 0. The summed E-state index contributed by atoms with van der Waals surface area (Å²) in [5.74, 6) is 0.789. The maximum atomic E-state index is 12.9. The van der Waals surface area contributed by atoms with Gasteiger partial charge in [0, 0.05) is 29.6 Å². The van der Waals surface area contributed by atoms with Crippen LogP contribution >= 0.6 is 11.3 Å². The number of anilines is 1. The maximum absolute atomic E-state index is 12.9. The number of morpholine rings is 1. The molecule has 2 aliphatic heterocycles. The van der Waals surface area contributed by atoms with E-state index < -0.39 is 0 Å². The Balaban J connectivity index is 1.98. The zero-order valence-electron chi connectivity index (χ0n) is 12.8. The predicted octanol–water partition coefficient (Wildman–Crippen LogP) is 1.40. The van der Waals surface area contributed by atoms with Crippen molar-refractivity contribution in [1.82, 2.24) is 9.55 Å². The summed E-state index contributed by atoms with van der Waals surface area (Å²) in [5, 5.41) is 0. The van der Waals surface area contributed by atoms with Crippen LogP contribution in [-0.2, 0) is 11.3 Å². The number of nitrogens with two attached hydrogens (primary N) is 1. The number of rotatable bonds is 1. The number of aryl methyl sites for hydroxylation is 1. The van der Waals surface area contributed by atoms with E-state index in [-0.39, 0.29) is 11.6 Å². The number of nitrogens with zero attached hydrogens (tertiary/aromatic N) is 3. The van der Waals surface area contributed by atoms with Crippen LogP contribution in [-0.4, -0.2) is 35.4 Å². The number of hydrogen-bond acceptors (Lipinski definition) is 6. The lowest BCUT2D eigenvalue weighted by Crippen LogP contribution is -2.51. The number of fused-ring (bicyclic) bond motifs is 4. The third-order valence-electron chi connectivity index (χ3n) is 4.62. The van der Waals surface area contributed by atoms with Crippen LogP contribution < -0.4 is 16.2 Å². The first-order valence-corrected chi connectivity index (χ1v) is 8.53. The van der Waals surface area contributed by atoms with E-state index in [0.29, 0.717) is 19.2 Å². The Kier molecular flexibility index (Phi) is 3.25. The zero-order chi connectivity index (χ0) is 15.4. The van der Waals surface area contributed by atoms with E-state index >= 15 is 0 Å². The molecule has 0 aliphatic carbocycles. The normalized spacial score (nSPS) is 22.5. The van der Waals surface area contributed by atoms with Gasteiger partial charge in [-0.3, -0.25) is 9.36 Å². The van der Waals surface area contributed by atoms with Crippen LogP contribution in [0.4, 0.5) is 5.95 Å². The van der Waals surface area contributed by atoms with Gasteiger partial charge >= 0.3 is 0 Å². The highest BCUT2D eigenvalue weighted by Crippen LogP contribution is 2.34. The molecule has 22 heavy (non-hydrogen) atoms. The standard InChI is InChI=1S/C15H20N4O2S/c1-8(16)11-9(2)22-13-12(11)17-15-18-5-6-21-7-10(18)3-4-19(15)14(13)20/h8,10H,3-7,16H2,1-2H3/t8-,10-/m0/s1. The molecule has 7 heteroatoms. The summed E-state index contributed by atoms with van der Waals surface area (Å²) in [6.45, 7) is 6.88. The first-order valence-electron chi connectivity index (χ1n) is 7.71. The molecule has 0 radical (unpaired) electrons. The lowest BCUT2D eigenvalue weighted by molar-refractivity contribution is 0.0844. The molecule has 0 aromatic carbocycles. The Hall–Kier alpha value is -1.44. The number of aromatic nitrogens is 2. The van der Waals surface area contributed by atoms with Gasteiger partial charge in [-0.15, -0.1) is 11.3 Å². The molecule has 118 valence electrons. The molecule has 6 nitrogen and oxygen atoms in total. The minimum absolute atomic E-state index is 0.0740. The number of ether oxygens (including phenoxy) is 1. The summed E-state index contributed by atoms with van der Waals surface area (Å²) in [6.07, 6.45) is 0.935. The van der Waals surface area contributed by atoms with Crippen molar-refractivity contribution in [3.63, 3.8) is 0 Å². The zero-order valence-corrected chi connectivity index (χ0v) is 13.7. The molecule has 4 rings (SSSR count).